The molecule has 0 aliphatic rings. The van der Waals surface area contributed by atoms with Gasteiger partial charge in [-0.25, -0.2) is 0 Å². The molecule has 2 heterocycles. The first-order chi connectivity index (χ1) is 15.4. The summed E-state index contributed by atoms with van der Waals surface area (Å²) >= 11 is 12.3. The second-order valence-corrected chi connectivity index (χ2v) is 8.71. The number of hydrogen-bond donors (Lipinski definition) is 4. The molecule has 4 rings (SSSR count). The van der Waals surface area contributed by atoms with Crippen LogP contribution in [0.3, 0.4) is 0 Å². The minimum atomic E-state index is -0.200. The van der Waals surface area contributed by atoms with Gasteiger partial charge in [-0.2, -0.15) is 0 Å². The molecule has 8 heteroatoms. The number of carbonyl (C=O) groups is 1. The van der Waals surface area contributed by atoms with E-state index in [4.69, 9.17) is 23.2 Å². The van der Waals surface area contributed by atoms with Gasteiger partial charge in [0.05, 0.1) is 10.5 Å². The summed E-state index contributed by atoms with van der Waals surface area (Å²) in [5.41, 5.74) is 1.92. The largest absolute Gasteiger partial charge is 0.371 e. The van der Waals surface area contributed by atoms with Crippen LogP contribution in [0.25, 0.3) is 21.8 Å². The lowest BCUT2D eigenvalue weighted by Gasteiger charge is -2.18. The number of hydrogen-bond acceptors (Lipinski definition) is 3. The van der Waals surface area contributed by atoms with Crippen LogP contribution in [0.15, 0.2) is 53.3 Å². The molecule has 0 aliphatic heterocycles. The van der Waals surface area contributed by atoms with E-state index in [0.29, 0.717) is 40.0 Å². The monoisotopic (exact) mass is 470 g/mol. The Balaban J connectivity index is 1.41. The van der Waals surface area contributed by atoms with Gasteiger partial charge in [-0.05, 0) is 42.7 Å². The normalized spacial score (nSPS) is 12.2. The maximum Gasteiger partial charge on any atom is 0.267 e. The summed E-state index contributed by atoms with van der Waals surface area (Å²) in [6.07, 6.45) is 1.91. The first kappa shape index (κ1) is 22.2. The SMILES string of the molecule is CCCC(CNC(=O)c1cc2c(Cl)cc(Cl)cc2[nH]1)CNc1cc(=O)c2ccccc2[nH]1. The zero-order valence-corrected chi connectivity index (χ0v) is 19.1. The fourth-order valence-electron chi connectivity index (χ4n) is 3.85. The zero-order valence-electron chi connectivity index (χ0n) is 17.6. The highest BCUT2D eigenvalue weighted by molar-refractivity contribution is 6.38. The van der Waals surface area contributed by atoms with Gasteiger partial charge >= 0.3 is 0 Å². The number of nitrogens with one attached hydrogen (secondary N) is 4. The van der Waals surface area contributed by atoms with Crippen molar-refractivity contribution in [1.29, 1.82) is 0 Å². The van der Waals surface area contributed by atoms with Gasteiger partial charge in [0.1, 0.15) is 11.5 Å². The molecule has 0 saturated carbocycles. The van der Waals surface area contributed by atoms with E-state index in [1.54, 1.807) is 30.3 Å². The molecule has 1 amide bonds. The standard InChI is InChI=1S/C24H24Cl2N4O2/c1-2-5-14(12-27-23-11-22(31)16-6-3-4-7-19(16)30-23)13-28-24(32)21-10-17-18(26)8-15(25)9-20(17)29-21/h3-4,6-11,14,29H,2,5,12-13H2,1H3,(H,28,32)(H2,27,30,31). The number of halogens is 2. The first-order valence-electron chi connectivity index (χ1n) is 10.6. The number of para-hydroxylation sites is 1. The third-order valence-corrected chi connectivity index (χ3v) is 5.99. The Morgan fingerprint density at radius 3 is 2.62 bits per heavy atom. The molecule has 2 aromatic carbocycles. The Bertz CT molecular complexity index is 1330. The highest BCUT2D eigenvalue weighted by atomic mass is 35.5. The van der Waals surface area contributed by atoms with Gasteiger partial charge in [0.25, 0.3) is 5.91 Å². The number of fused-ring (bicyclic) bond motifs is 2. The van der Waals surface area contributed by atoms with Crippen LogP contribution in [-0.2, 0) is 0 Å². The summed E-state index contributed by atoms with van der Waals surface area (Å²) in [6.45, 7) is 3.23. The summed E-state index contributed by atoms with van der Waals surface area (Å²) in [6, 6.07) is 14.1. The number of benzene rings is 2. The molecule has 166 valence electrons. The molecule has 0 aliphatic carbocycles. The molecule has 1 atom stereocenters. The fraction of sp³-hybridized carbons (Fsp3) is 0.250. The van der Waals surface area contributed by atoms with E-state index >= 15 is 0 Å². The van der Waals surface area contributed by atoms with Crippen LogP contribution in [0.5, 0.6) is 0 Å². The zero-order chi connectivity index (χ0) is 22.7. The van der Waals surface area contributed by atoms with Crippen LogP contribution in [-0.4, -0.2) is 29.0 Å². The lowest BCUT2D eigenvalue weighted by molar-refractivity contribution is 0.0943. The number of anilines is 1. The van der Waals surface area contributed by atoms with Crippen molar-refractivity contribution in [3.63, 3.8) is 0 Å². The number of amides is 1. The van der Waals surface area contributed by atoms with E-state index in [1.165, 1.54) is 0 Å². The van der Waals surface area contributed by atoms with Gasteiger partial charge in [0.2, 0.25) is 0 Å². The van der Waals surface area contributed by atoms with E-state index in [1.807, 2.05) is 18.2 Å². The third-order valence-electron chi connectivity index (χ3n) is 5.46. The number of aromatic nitrogens is 2. The van der Waals surface area contributed by atoms with Crippen molar-refractivity contribution in [2.24, 2.45) is 5.92 Å². The van der Waals surface area contributed by atoms with Crippen LogP contribution in [0.2, 0.25) is 10.0 Å². The summed E-state index contributed by atoms with van der Waals surface area (Å²) in [5.74, 6) is 0.665. The molecule has 0 saturated heterocycles. The Hall–Kier alpha value is -2.96. The van der Waals surface area contributed by atoms with Crippen molar-refractivity contribution in [3.05, 3.63) is 74.5 Å². The predicted molar refractivity (Wildman–Crippen MR) is 132 cm³/mol. The average Bonchev–Trinajstić information content (AvgIpc) is 3.20. The lowest BCUT2D eigenvalue weighted by Crippen LogP contribution is -2.32. The van der Waals surface area contributed by atoms with Crippen LogP contribution in [0.4, 0.5) is 5.82 Å². The maximum absolute atomic E-state index is 12.7. The van der Waals surface area contributed by atoms with Gasteiger partial charge in [0, 0.05) is 40.5 Å². The molecule has 32 heavy (non-hydrogen) atoms. The lowest BCUT2D eigenvalue weighted by atomic mass is 10.0. The molecule has 0 radical (unpaired) electrons. The van der Waals surface area contributed by atoms with Gasteiger partial charge in [-0.1, -0.05) is 48.7 Å². The fourth-order valence-corrected chi connectivity index (χ4v) is 4.39. The summed E-state index contributed by atoms with van der Waals surface area (Å²) in [5, 5.41) is 8.74. The van der Waals surface area contributed by atoms with Crippen molar-refractivity contribution in [1.82, 2.24) is 15.3 Å². The van der Waals surface area contributed by atoms with Gasteiger partial charge in [0.15, 0.2) is 5.43 Å². The number of rotatable bonds is 8. The quantitative estimate of drug-likeness (QED) is 0.271. The average molecular weight is 471 g/mol. The minimum Gasteiger partial charge on any atom is -0.371 e. The summed E-state index contributed by atoms with van der Waals surface area (Å²) in [4.78, 5) is 31.4. The highest BCUT2D eigenvalue weighted by Crippen LogP contribution is 2.28. The Morgan fingerprint density at radius 2 is 1.81 bits per heavy atom. The molecule has 4 aromatic rings. The molecule has 0 bridgehead atoms. The van der Waals surface area contributed by atoms with Crippen molar-refractivity contribution in [2.75, 3.05) is 18.4 Å². The van der Waals surface area contributed by atoms with Crippen molar-refractivity contribution in [2.45, 2.75) is 19.8 Å². The smallest absolute Gasteiger partial charge is 0.267 e. The van der Waals surface area contributed by atoms with E-state index in [0.717, 1.165) is 29.3 Å². The molecular weight excluding hydrogens is 447 g/mol. The minimum absolute atomic E-state index is 0.0280. The molecule has 2 aromatic heterocycles. The van der Waals surface area contributed by atoms with Crippen molar-refractivity contribution in [3.8, 4) is 0 Å². The Kier molecular flexibility index (Phi) is 6.72. The predicted octanol–water partition coefficient (Wildman–Crippen LogP) is 5.57. The second-order valence-electron chi connectivity index (χ2n) is 7.87. The first-order valence-corrected chi connectivity index (χ1v) is 11.3. The number of carbonyl (C=O) groups excluding carboxylic acids is 1. The van der Waals surface area contributed by atoms with Crippen LogP contribution >= 0.6 is 23.2 Å². The van der Waals surface area contributed by atoms with Crippen molar-refractivity contribution < 1.29 is 4.79 Å². The molecular formula is C24H24Cl2N4O2. The van der Waals surface area contributed by atoms with E-state index < -0.39 is 0 Å². The molecule has 0 spiro atoms. The molecule has 6 nitrogen and oxygen atoms in total. The third kappa shape index (κ3) is 4.92. The molecule has 4 N–H and O–H groups in total. The molecule has 0 fully saturated rings. The van der Waals surface area contributed by atoms with E-state index in [2.05, 4.69) is 27.5 Å². The summed E-state index contributed by atoms with van der Waals surface area (Å²) < 4.78 is 0. The van der Waals surface area contributed by atoms with E-state index in [-0.39, 0.29) is 17.3 Å². The number of pyridine rings is 1. The van der Waals surface area contributed by atoms with Crippen molar-refractivity contribution >= 4 is 56.7 Å². The van der Waals surface area contributed by atoms with Gasteiger partial charge < -0.3 is 20.6 Å². The topological polar surface area (TPSA) is 89.8 Å². The van der Waals surface area contributed by atoms with Gasteiger partial charge in [-0.15, -0.1) is 0 Å². The Labute approximate surface area is 195 Å². The number of aromatic amines is 2. The maximum atomic E-state index is 12.7. The van der Waals surface area contributed by atoms with Crippen LogP contribution < -0.4 is 16.1 Å². The highest BCUT2D eigenvalue weighted by Gasteiger charge is 2.15. The van der Waals surface area contributed by atoms with Gasteiger partial charge in [-0.3, -0.25) is 9.59 Å². The van der Waals surface area contributed by atoms with E-state index in [9.17, 15) is 9.59 Å². The Morgan fingerprint density at radius 1 is 1.00 bits per heavy atom. The second kappa shape index (κ2) is 9.67. The van der Waals surface area contributed by atoms with Crippen LogP contribution in [0.1, 0.15) is 30.3 Å². The number of H-pyrrole nitrogens is 2. The van der Waals surface area contributed by atoms with Crippen LogP contribution in [0, 0.1) is 5.92 Å². The summed E-state index contributed by atoms with van der Waals surface area (Å²) in [7, 11) is 0. The molecule has 1 unspecified atom stereocenters.